The number of ketones is 1. The Labute approximate surface area is 162 Å². The van der Waals surface area contributed by atoms with Crippen molar-refractivity contribution in [2.24, 2.45) is 0 Å². The van der Waals surface area contributed by atoms with E-state index in [4.69, 9.17) is 11.6 Å². The van der Waals surface area contributed by atoms with Crippen molar-refractivity contribution < 1.29 is 9.59 Å². The number of hydrogen-bond acceptors (Lipinski definition) is 2. The van der Waals surface area contributed by atoms with Gasteiger partial charge in [0, 0.05) is 17.8 Å². The van der Waals surface area contributed by atoms with Gasteiger partial charge in [-0.1, -0.05) is 54.1 Å². The summed E-state index contributed by atoms with van der Waals surface area (Å²) in [5.41, 5.74) is 3.72. The second-order valence-corrected chi connectivity index (χ2v) is 7.16. The first-order valence-corrected chi connectivity index (χ1v) is 9.29. The number of nitrogens with zero attached hydrogens (tertiary/aromatic N) is 1. The number of para-hydroxylation sites is 1. The predicted molar refractivity (Wildman–Crippen MR) is 106 cm³/mol. The molecule has 0 spiro atoms. The van der Waals surface area contributed by atoms with E-state index in [0.29, 0.717) is 34.9 Å². The Kier molecular flexibility index (Phi) is 4.58. The number of fused-ring (bicyclic) bond motifs is 1. The molecule has 1 aromatic heterocycles. The topological polar surface area (TPSA) is 51.1 Å². The van der Waals surface area contributed by atoms with Crippen LogP contribution in [-0.4, -0.2) is 16.3 Å². The molecule has 0 aliphatic carbocycles. The highest BCUT2D eigenvalue weighted by Gasteiger charge is 2.32. The molecule has 4 rings (SSSR count). The maximum Gasteiger partial charge on any atom is 0.233 e. The molecule has 0 unspecified atom stereocenters. The van der Waals surface area contributed by atoms with Gasteiger partial charge in [-0.05, 0) is 37.1 Å². The molecule has 1 amide bonds. The van der Waals surface area contributed by atoms with Gasteiger partial charge in [0.15, 0.2) is 0 Å². The van der Waals surface area contributed by atoms with E-state index in [2.05, 4.69) is 5.32 Å². The molecule has 1 N–H and O–H groups in total. The van der Waals surface area contributed by atoms with Crippen LogP contribution < -0.4 is 5.32 Å². The molecular formula is C22H19ClN2O2. The Morgan fingerprint density at radius 1 is 1.04 bits per heavy atom. The molecule has 0 radical (unpaired) electrons. The molecule has 0 fully saturated rings. The molecule has 1 aliphatic heterocycles. The van der Waals surface area contributed by atoms with Crippen molar-refractivity contribution in [2.75, 3.05) is 5.32 Å². The van der Waals surface area contributed by atoms with Gasteiger partial charge >= 0.3 is 0 Å². The van der Waals surface area contributed by atoms with Crippen LogP contribution in [-0.2, 0) is 11.3 Å². The number of halogens is 1. The van der Waals surface area contributed by atoms with Crippen molar-refractivity contribution in [3.63, 3.8) is 0 Å². The van der Waals surface area contributed by atoms with E-state index in [1.807, 2.05) is 66.1 Å². The monoisotopic (exact) mass is 378 g/mol. The summed E-state index contributed by atoms with van der Waals surface area (Å²) in [6.45, 7) is 2.56. The lowest BCUT2D eigenvalue weighted by Crippen LogP contribution is -2.20. The standard InChI is InChI=1S/C22H19ClN2O2/c1-14-6-5-9-17(23)20(14)24-22(27)16-12-13-25-18(16)10-11-19(25)21(26)15-7-3-2-4-8-15/h2-11,16H,12-13H2,1H3,(H,24,27)/t16-/m0/s1. The minimum absolute atomic E-state index is 0.0233. The second kappa shape index (κ2) is 7.05. The number of rotatable bonds is 4. The van der Waals surface area contributed by atoms with Crippen molar-refractivity contribution >= 4 is 29.0 Å². The lowest BCUT2D eigenvalue weighted by molar-refractivity contribution is -0.117. The fraction of sp³-hybridized carbons (Fsp3) is 0.182. The zero-order valence-electron chi connectivity index (χ0n) is 14.9. The molecule has 27 heavy (non-hydrogen) atoms. The number of carbonyl (C=O) groups is 2. The van der Waals surface area contributed by atoms with Gasteiger partial charge in [-0.15, -0.1) is 0 Å². The largest absolute Gasteiger partial charge is 0.341 e. The van der Waals surface area contributed by atoms with Crippen molar-refractivity contribution in [3.05, 3.63) is 88.2 Å². The Balaban J connectivity index is 1.59. The summed E-state index contributed by atoms with van der Waals surface area (Å²) in [4.78, 5) is 25.6. The van der Waals surface area contributed by atoms with Crippen molar-refractivity contribution in [1.29, 1.82) is 0 Å². The normalized spacial score (nSPS) is 15.4. The molecular weight excluding hydrogens is 360 g/mol. The third kappa shape index (κ3) is 3.17. The number of hydrogen-bond donors (Lipinski definition) is 1. The Bertz CT molecular complexity index is 1000. The van der Waals surface area contributed by atoms with Crippen LogP contribution in [0.1, 0.15) is 39.6 Å². The van der Waals surface area contributed by atoms with Crippen LogP contribution in [0.15, 0.2) is 60.7 Å². The first-order chi connectivity index (χ1) is 13.1. The Hall–Kier alpha value is -2.85. The van der Waals surface area contributed by atoms with E-state index in [0.717, 1.165) is 11.3 Å². The lowest BCUT2D eigenvalue weighted by Gasteiger charge is -2.14. The highest BCUT2D eigenvalue weighted by molar-refractivity contribution is 6.34. The molecule has 1 aliphatic rings. The van der Waals surface area contributed by atoms with Gasteiger partial charge in [-0.2, -0.15) is 0 Å². The molecule has 0 saturated carbocycles. The number of carbonyl (C=O) groups excluding carboxylic acids is 2. The van der Waals surface area contributed by atoms with Gasteiger partial charge in [-0.25, -0.2) is 0 Å². The molecule has 1 atom stereocenters. The third-order valence-corrected chi connectivity index (χ3v) is 5.38. The van der Waals surface area contributed by atoms with Crippen molar-refractivity contribution in [2.45, 2.75) is 25.8 Å². The number of nitrogens with one attached hydrogen (secondary N) is 1. The van der Waals surface area contributed by atoms with Crippen LogP contribution in [0.4, 0.5) is 5.69 Å². The predicted octanol–water partition coefficient (Wildman–Crippen LogP) is 4.81. The summed E-state index contributed by atoms with van der Waals surface area (Å²) in [5.74, 6) is -0.412. The molecule has 2 aromatic carbocycles. The SMILES string of the molecule is Cc1cccc(Cl)c1NC(=O)[C@H]1CCn2c(C(=O)c3ccccc3)ccc21. The van der Waals surface area contributed by atoms with Gasteiger partial charge in [0.05, 0.1) is 22.3 Å². The van der Waals surface area contributed by atoms with Gasteiger partial charge in [0.1, 0.15) is 0 Å². The second-order valence-electron chi connectivity index (χ2n) is 6.75. The smallest absolute Gasteiger partial charge is 0.233 e. The summed E-state index contributed by atoms with van der Waals surface area (Å²) in [5, 5.41) is 3.49. The summed E-state index contributed by atoms with van der Waals surface area (Å²) in [6, 6.07) is 18.4. The minimum atomic E-state index is -0.294. The lowest BCUT2D eigenvalue weighted by atomic mass is 10.0. The molecule has 136 valence electrons. The molecule has 0 bridgehead atoms. The fourth-order valence-electron chi connectivity index (χ4n) is 3.64. The zero-order valence-corrected chi connectivity index (χ0v) is 15.7. The fourth-order valence-corrected chi connectivity index (χ4v) is 3.91. The van der Waals surface area contributed by atoms with Gasteiger partial charge in [-0.3, -0.25) is 9.59 Å². The molecule has 2 heterocycles. The van der Waals surface area contributed by atoms with E-state index < -0.39 is 0 Å². The van der Waals surface area contributed by atoms with Crippen LogP contribution in [0, 0.1) is 6.92 Å². The molecule has 5 heteroatoms. The Morgan fingerprint density at radius 2 is 1.81 bits per heavy atom. The maximum atomic E-state index is 12.9. The van der Waals surface area contributed by atoms with E-state index in [1.54, 1.807) is 6.07 Å². The van der Waals surface area contributed by atoms with E-state index in [1.165, 1.54) is 0 Å². The summed E-state index contributed by atoms with van der Waals surface area (Å²) in [7, 11) is 0. The third-order valence-electron chi connectivity index (χ3n) is 5.07. The summed E-state index contributed by atoms with van der Waals surface area (Å²) >= 11 is 6.23. The maximum absolute atomic E-state index is 12.9. The van der Waals surface area contributed by atoms with Gasteiger partial charge in [0.25, 0.3) is 0 Å². The van der Waals surface area contributed by atoms with Crippen LogP contribution in [0.3, 0.4) is 0 Å². The van der Waals surface area contributed by atoms with Gasteiger partial charge < -0.3 is 9.88 Å². The first-order valence-electron chi connectivity index (χ1n) is 8.91. The van der Waals surface area contributed by atoms with Crippen molar-refractivity contribution in [1.82, 2.24) is 4.57 Å². The number of aromatic nitrogens is 1. The van der Waals surface area contributed by atoms with Gasteiger partial charge in [0.2, 0.25) is 11.7 Å². The van der Waals surface area contributed by atoms with Crippen molar-refractivity contribution in [3.8, 4) is 0 Å². The summed E-state index contributed by atoms with van der Waals surface area (Å²) < 4.78 is 1.96. The molecule has 0 saturated heterocycles. The molecule has 3 aromatic rings. The number of amides is 1. The number of anilines is 1. The molecule has 4 nitrogen and oxygen atoms in total. The minimum Gasteiger partial charge on any atom is -0.341 e. The quantitative estimate of drug-likeness (QED) is 0.662. The Morgan fingerprint density at radius 3 is 2.56 bits per heavy atom. The zero-order chi connectivity index (χ0) is 19.0. The first kappa shape index (κ1) is 17.6. The highest BCUT2D eigenvalue weighted by atomic mass is 35.5. The average Bonchev–Trinajstić information content (AvgIpc) is 3.27. The summed E-state index contributed by atoms with van der Waals surface area (Å²) in [6.07, 6.45) is 0.667. The average molecular weight is 379 g/mol. The van der Waals surface area contributed by atoms with Crippen LogP contribution >= 0.6 is 11.6 Å². The number of benzene rings is 2. The van der Waals surface area contributed by atoms with Crippen LogP contribution in [0.5, 0.6) is 0 Å². The number of aryl methyl sites for hydroxylation is 1. The van der Waals surface area contributed by atoms with E-state index >= 15 is 0 Å². The van der Waals surface area contributed by atoms with E-state index in [-0.39, 0.29) is 17.6 Å². The van der Waals surface area contributed by atoms with Crippen LogP contribution in [0.25, 0.3) is 0 Å². The highest BCUT2D eigenvalue weighted by Crippen LogP contribution is 2.34. The van der Waals surface area contributed by atoms with Crippen LogP contribution in [0.2, 0.25) is 5.02 Å². The van der Waals surface area contributed by atoms with E-state index in [9.17, 15) is 9.59 Å².